The van der Waals surface area contributed by atoms with Crippen LogP contribution >= 0.6 is 0 Å². The summed E-state index contributed by atoms with van der Waals surface area (Å²) in [5.74, 6) is 0. The molecule has 0 saturated carbocycles. The first kappa shape index (κ1) is 21.4. The van der Waals surface area contributed by atoms with Crippen molar-refractivity contribution in [1.82, 2.24) is 0 Å². The molecular formula is C12H32O6Si3. The lowest BCUT2D eigenvalue weighted by atomic mass is 10.9. The Balaban J connectivity index is 5.01. The minimum atomic E-state index is -3.15. The molecule has 6 nitrogen and oxygen atoms in total. The quantitative estimate of drug-likeness (QED) is 0.501. The third kappa shape index (κ3) is 8.57. The van der Waals surface area contributed by atoms with E-state index in [9.17, 15) is 0 Å². The van der Waals surface area contributed by atoms with Crippen LogP contribution in [0.25, 0.3) is 0 Å². The SMILES string of the molecule is CCO[Si](C)(C)O[Si](C)(C)O[Si](OCC)(OCC)OCC. The molecule has 0 aromatic heterocycles. The fourth-order valence-corrected chi connectivity index (χ4v) is 12.7. The van der Waals surface area contributed by atoms with Crippen molar-refractivity contribution in [3.05, 3.63) is 0 Å². The van der Waals surface area contributed by atoms with Crippen LogP contribution in [0.3, 0.4) is 0 Å². The van der Waals surface area contributed by atoms with E-state index in [1.165, 1.54) is 0 Å². The minimum Gasteiger partial charge on any atom is -0.415 e. The second kappa shape index (κ2) is 9.53. The molecule has 0 unspecified atom stereocenters. The van der Waals surface area contributed by atoms with E-state index < -0.39 is 26.2 Å². The van der Waals surface area contributed by atoms with Gasteiger partial charge in [-0.2, -0.15) is 0 Å². The van der Waals surface area contributed by atoms with Crippen molar-refractivity contribution in [1.29, 1.82) is 0 Å². The number of rotatable bonds is 12. The van der Waals surface area contributed by atoms with Crippen LogP contribution in [-0.4, -0.2) is 52.6 Å². The molecule has 0 radical (unpaired) electrons. The summed E-state index contributed by atoms with van der Waals surface area (Å²) >= 11 is 0. The average Bonchev–Trinajstić information content (AvgIpc) is 2.26. The first-order valence-corrected chi connectivity index (χ1v) is 14.9. The maximum absolute atomic E-state index is 6.19. The molecule has 0 aliphatic heterocycles. The summed E-state index contributed by atoms with van der Waals surface area (Å²) in [7, 11) is -7.86. The van der Waals surface area contributed by atoms with Crippen molar-refractivity contribution < 1.29 is 25.9 Å². The lowest BCUT2D eigenvalue weighted by molar-refractivity contribution is 0.00116. The second-order valence-electron chi connectivity index (χ2n) is 5.24. The standard InChI is InChI=1S/C12H32O6Si3/c1-9-13-19(5,6)17-20(7,8)18-21(14-10-2,15-11-3)16-12-4/h9-12H2,1-8H3. The molecule has 0 bridgehead atoms. The third-order valence-corrected chi connectivity index (χ3v) is 12.1. The van der Waals surface area contributed by atoms with E-state index >= 15 is 0 Å². The van der Waals surface area contributed by atoms with Crippen LogP contribution in [0.4, 0.5) is 0 Å². The van der Waals surface area contributed by atoms with Gasteiger partial charge >= 0.3 is 26.2 Å². The molecule has 0 atom stereocenters. The molecule has 128 valence electrons. The first-order chi connectivity index (χ1) is 9.66. The topological polar surface area (TPSA) is 55.4 Å². The summed E-state index contributed by atoms with van der Waals surface area (Å²) < 4.78 is 35.3. The van der Waals surface area contributed by atoms with E-state index in [0.29, 0.717) is 26.4 Å². The highest BCUT2D eigenvalue weighted by Gasteiger charge is 2.52. The Labute approximate surface area is 133 Å². The predicted octanol–water partition coefficient (Wildman–Crippen LogP) is 3.00. The summed E-state index contributed by atoms with van der Waals surface area (Å²) in [6.07, 6.45) is 0. The average molecular weight is 357 g/mol. The van der Waals surface area contributed by atoms with Gasteiger partial charge in [-0.15, -0.1) is 0 Å². The summed E-state index contributed by atoms with van der Waals surface area (Å²) in [5, 5.41) is 0. The molecule has 0 fully saturated rings. The lowest BCUT2D eigenvalue weighted by Gasteiger charge is -2.37. The Kier molecular flexibility index (Phi) is 9.71. The summed E-state index contributed by atoms with van der Waals surface area (Å²) in [6, 6.07) is 0. The number of hydrogen-bond donors (Lipinski definition) is 0. The maximum atomic E-state index is 6.19. The van der Waals surface area contributed by atoms with E-state index in [1.807, 2.05) is 53.9 Å². The highest BCUT2D eigenvalue weighted by atomic mass is 28.5. The maximum Gasteiger partial charge on any atom is 0.670 e. The molecular weight excluding hydrogens is 324 g/mol. The van der Waals surface area contributed by atoms with Crippen LogP contribution in [0.5, 0.6) is 0 Å². The zero-order chi connectivity index (χ0) is 16.6. The normalized spacial score (nSPS) is 13.7. The fraction of sp³-hybridized carbons (Fsp3) is 1.00. The van der Waals surface area contributed by atoms with E-state index in [0.717, 1.165) is 0 Å². The molecule has 0 aromatic carbocycles. The van der Waals surface area contributed by atoms with E-state index in [-0.39, 0.29) is 0 Å². The van der Waals surface area contributed by atoms with E-state index in [4.69, 9.17) is 25.9 Å². The van der Waals surface area contributed by atoms with Gasteiger partial charge < -0.3 is 25.9 Å². The molecule has 0 rings (SSSR count). The summed E-state index contributed by atoms with van der Waals surface area (Å²) in [4.78, 5) is 0. The van der Waals surface area contributed by atoms with Gasteiger partial charge in [0.1, 0.15) is 0 Å². The van der Waals surface area contributed by atoms with Crippen molar-refractivity contribution >= 4 is 26.2 Å². The highest BCUT2D eigenvalue weighted by molar-refractivity contribution is 6.82. The van der Waals surface area contributed by atoms with Crippen LogP contribution in [0.1, 0.15) is 27.7 Å². The van der Waals surface area contributed by atoms with Crippen LogP contribution in [-0.2, 0) is 25.9 Å². The lowest BCUT2D eigenvalue weighted by Crippen LogP contribution is -2.59. The van der Waals surface area contributed by atoms with E-state index in [2.05, 4.69) is 0 Å². The molecule has 0 aromatic rings. The molecule has 9 heteroatoms. The zero-order valence-corrected chi connectivity index (χ0v) is 17.8. The number of hydrogen-bond acceptors (Lipinski definition) is 6. The smallest absolute Gasteiger partial charge is 0.415 e. The molecule has 21 heavy (non-hydrogen) atoms. The molecule has 0 amide bonds. The predicted molar refractivity (Wildman–Crippen MR) is 89.4 cm³/mol. The van der Waals surface area contributed by atoms with Gasteiger partial charge in [-0.1, -0.05) is 0 Å². The molecule has 0 aliphatic rings. The van der Waals surface area contributed by atoms with Crippen molar-refractivity contribution in [3.8, 4) is 0 Å². The second-order valence-corrected chi connectivity index (χ2v) is 14.6. The van der Waals surface area contributed by atoms with Crippen LogP contribution < -0.4 is 0 Å². The third-order valence-electron chi connectivity index (χ3n) is 2.32. The van der Waals surface area contributed by atoms with Gasteiger partial charge in [-0.3, -0.25) is 0 Å². The monoisotopic (exact) mass is 356 g/mol. The van der Waals surface area contributed by atoms with Crippen LogP contribution in [0.2, 0.25) is 26.2 Å². The van der Waals surface area contributed by atoms with Gasteiger partial charge in [0.05, 0.1) is 0 Å². The van der Waals surface area contributed by atoms with Gasteiger partial charge in [0.25, 0.3) is 0 Å². The first-order valence-electron chi connectivity index (χ1n) is 7.62. The van der Waals surface area contributed by atoms with Gasteiger partial charge in [-0.05, 0) is 53.9 Å². The van der Waals surface area contributed by atoms with Crippen molar-refractivity contribution in [3.63, 3.8) is 0 Å². The Morgan fingerprint density at radius 2 is 0.905 bits per heavy atom. The van der Waals surface area contributed by atoms with Gasteiger partial charge in [-0.25, -0.2) is 0 Å². The van der Waals surface area contributed by atoms with Crippen molar-refractivity contribution in [2.45, 2.75) is 53.9 Å². The molecule has 0 N–H and O–H groups in total. The van der Waals surface area contributed by atoms with Gasteiger partial charge in [0.15, 0.2) is 0 Å². The molecule has 0 saturated heterocycles. The largest absolute Gasteiger partial charge is 0.670 e. The molecule has 0 aliphatic carbocycles. The van der Waals surface area contributed by atoms with Crippen molar-refractivity contribution in [2.24, 2.45) is 0 Å². The Morgan fingerprint density at radius 1 is 0.524 bits per heavy atom. The van der Waals surface area contributed by atoms with Crippen LogP contribution in [0, 0.1) is 0 Å². The Hall–Kier alpha value is 0.411. The van der Waals surface area contributed by atoms with Gasteiger partial charge in [0.2, 0.25) is 0 Å². The Morgan fingerprint density at radius 3 is 1.24 bits per heavy atom. The fourth-order valence-electron chi connectivity index (χ4n) is 2.03. The summed E-state index contributed by atoms with van der Waals surface area (Å²) in [6.45, 7) is 17.7. The highest BCUT2D eigenvalue weighted by Crippen LogP contribution is 2.23. The Bertz CT molecular complexity index is 271. The zero-order valence-electron chi connectivity index (χ0n) is 14.8. The molecule has 0 spiro atoms. The molecule has 0 heterocycles. The van der Waals surface area contributed by atoms with E-state index in [1.54, 1.807) is 0 Å². The van der Waals surface area contributed by atoms with Crippen LogP contribution in [0.15, 0.2) is 0 Å². The van der Waals surface area contributed by atoms with Gasteiger partial charge in [0, 0.05) is 26.4 Å². The minimum absolute atomic E-state index is 0.475. The van der Waals surface area contributed by atoms with Crippen molar-refractivity contribution in [2.75, 3.05) is 26.4 Å². The summed E-state index contributed by atoms with van der Waals surface area (Å²) in [5.41, 5.74) is 0.